The second-order valence-corrected chi connectivity index (χ2v) is 6.15. The molecule has 0 aliphatic rings. The third-order valence-corrected chi connectivity index (χ3v) is 3.98. The fourth-order valence-electron chi connectivity index (χ4n) is 2.44. The van der Waals surface area contributed by atoms with Crippen LogP contribution in [0.3, 0.4) is 0 Å². The number of fused-ring (bicyclic) bond motifs is 1. The minimum absolute atomic E-state index is 0.0148. The second kappa shape index (κ2) is 6.74. The monoisotopic (exact) mass is 377 g/mol. The minimum Gasteiger partial charge on any atom is -0.507 e. The van der Waals surface area contributed by atoms with Crippen molar-refractivity contribution >= 4 is 51.6 Å². The molecule has 2 N–H and O–H groups in total. The van der Waals surface area contributed by atoms with Crippen molar-refractivity contribution in [3.05, 3.63) is 56.8 Å². The molecule has 128 valence electrons. The number of hydrogen-bond donors (Lipinski definition) is 2. The summed E-state index contributed by atoms with van der Waals surface area (Å²) in [5, 5.41) is 13.6. The molecule has 0 radical (unpaired) electrons. The molecular formula is C17H13Cl2N3O3. The Labute approximate surface area is 152 Å². The van der Waals surface area contributed by atoms with Crippen LogP contribution >= 0.6 is 23.2 Å². The third kappa shape index (κ3) is 3.31. The molecule has 0 saturated heterocycles. The fourth-order valence-corrected chi connectivity index (χ4v) is 2.97. The Morgan fingerprint density at radius 1 is 1.24 bits per heavy atom. The van der Waals surface area contributed by atoms with E-state index in [9.17, 15) is 14.7 Å². The number of aromatic hydroxyl groups is 1. The lowest BCUT2D eigenvalue weighted by molar-refractivity contribution is 0.0907. The van der Waals surface area contributed by atoms with Crippen LogP contribution in [0.5, 0.6) is 5.75 Å². The van der Waals surface area contributed by atoms with Gasteiger partial charge in [-0.3, -0.25) is 9.59 Å². The van der Waals surface area contributed by atoms with Gasteiger partial charge in [0.1, 0.15) is 11.1 Å². The first-order chi connectivity index (χ1) is 11.9. The van der Waals surface area contributed by atoms with Crippen molar-refractivity contribution in [2.45, 2.75) is 13.3 Å². The van der Waals surface area contributed by atoms with Crippen molar-refractivity contribution in [2.24, 2.45) is 0 Å². The summed E-state index contributed by atoms with van der Waals surface area (Å²) in [4.78, 5) is 29.3. The van der Waals surface area contributed by atoms with Crippen LogP contribution in [-0.2, 0) is 0 Å². The number of nitrogens with zero attached hydrogens (tertiary/aromatic N) is 2. The molecule has 0 aliphatic heterocycles. The maximum absolute atomic E-state index is 12.7. The minimum atomic E-state index is -0.648. The summed E-state index contributed by atoms with van der Waals surface area (Å²) in [6.45, 7) is 1.63. The highest BCUT2D eigenvalue weighted by atomic mass is 35.5. The van der Waals surface area contributed by atoms with Crippen molar-refractivity contribution in [1.82, 2.24) is 9.55 Å². The van der Waals surface area contributed by atoms with E-state index in [0.717, 1.165) is 4.57 Å². The zero-order chi connectivity index (χ0) is 18.1. The Morgan fingerprint density at radius 2 is 1.92 bits per heavy atom. The average Bonchev–Trinajstić information content (AvgIpc) is 2.53. The highest BCUT2D eigenvalue weighted by Gasteiger charge is 2.18. The van der Waals surface area contributed by atoms with Crippen molar-refractivity contribution in [3.8, 4) is 5.75 Å². The van der Waals surface area contributed by atoms with E-state index in [1.165, 1.54) is 6.07 Å². The summed E-state index contributed by atoms with van der Waals surface area (Å²) < 4.78 is 0.900. The summed E-state index contributed by atoms with van der Waals surface area (Å²) in [5.41, 5.74) is 0.0907. The van der Waals surface area contributed by atoms with Crippen molar-refractivity contribution in [2.75, 3.05) is 5.32 Å². The molecule has 0 spiro atoms. The molecule has 0 amide bonds. The maximum atomic E-state index is 12.7. The van der Waals surface area contributed by atoms with E-state index in [4.69, 9.17) is 23.2 Å². The molecule has 3 aromatic rings. The first-order valence-electron chi connectivity index (χ1n) is 7.41. The number of halogens is 2. The normalized spacial score (nSPS) is 10.8. The number of benzene rings is 2. The first kappa shape index (κ1) is 17.3. The van der Waals surface area contributed by atoms with E-state index in [0.29, 0.717) is 15.7 Å². The molecule has 0 aliphatic carbocycles. The van der Waals surface area contributed by atoms with Crippen LogP contribution in [0.2, 0.25) is 10.0 Å². The van der Waals surface area contributed by atoms with Gasteiger partial charge in [-0.05, 0) is 30.3 Å². The summed E-state index contributed by atoms with van der Waals surface area (Å²) >= 11 is 12.0. The van der Waals surface area contributed by atoms with Crippen LogP contribution in [0.1, 0.15) is 18.1 Å². The van der Waals surface area contributed by atoms with Crippen molar-refractivity contribution in [1.29, 1.82) is 0 Å². The summed E-state index contributed by atoms with van der Waals surface area (Å²) in [6, 6.07) is 9.25. The molecule has 2 aromatic carbocycles. The Morgan fingerprint density at radius 3 is 2.56 bits per heavy atom. The lowest BCUT2D eigenvalue weighted by atomic mass is 10.2. The Balaban J connectivity index is 2.26. The predicted molar refractivity (Wildman–Crippen MR) is 98.3 cm³/mol. The van der Waals surface area contributed by atoms with Gasteiger partial charge >= 0.3 is 0 Å². The second-order valence-electron chi connectivity index (χ2n) is 5.28. The molecule has 0 fully saturated rings. The maximum Gasteiger partial charge on any atom is 0.273 e. The average molecular weight is 378 g/mol. The van der Waals surface area contributed by atoms with Gasteiger partial charge in [0, 0.05) is 22.2 Å². The quantitative estimate of drug-likeness (QED) is 0.714. The molecule has 6 nitrogen and oxygen atoms in total. The standard InChI is InChI=1S/C17H13Cl2N3O3/c1-2-14(24)22-16(25)15-12(4-3-5-13(15)23)21-17(22)20-11-7-9(18)6-10(19)8-11/h3-8,23H,2H2,1H3,(H,20,21). The molecular weight excluding hydrogens is 365 g/mol. The van der Waals surface area contributed by atoms with Crippen LogP contribution in [0.25, 0.3) is 10.9 Å². The van der Waals surface area contributed by atoms with E-state index >= 15 is 0 Å². The van der Waals surface area contributed by atoms with Crippen LogP contribution < -0.4 is 10.9 Å². The smallest absolute Gasteiger partial charge is 0.273 e. The molecule has 3 rings (SSSR count). The zero-order valence-electron chi connectivity index (χ0n) is 13.1. The van der Waals surface area contributed by atoms with Gasteiger partial charge in [-0.15, -0.1) is 0 Å². The Hall–Kier alpha value is -2.57. The Bertz CT molecular complexity index is 1030. The molecule has 25 heavy (non-hydrogen) atoms. The van der Waals surface area contributed by atoms with Gasteiger partial charge in [0.15, 0.2) is 0 Å². The van der Waals surface area contributed by atoms with Gasteiger partial charge in [0.05, 0.1) is 5.52 Å². The van der Waals surface area contributed by atoms with Gasteiger partial charge in [-0.25, -0.2) is 9.55 Å². The number of phenols is 1. The topological polar surface area (TPSA) is 84.2 Å². The summed E-state index contributed by atoms with van der Waals surface area (Å²) in [6.07, 6.45) is 0.0890. The first-order valence-corrected chi connectivity index (χ1v) is 8.17. The number of aromatic nitrogens is 2. The van der Waals surface area contributed by atoms with E-state index in [2.05, 4.69) is 10.3 Å². The number of carbonyl (C=O) groups is 1. The van der Waals surface area contributed by atoms with E-state index in [1.807, 2.05) is 0 Å². The largest absolute Gasteiger partial charge is 0.507 e. The van der Waals surface area contributed by atoms with Crippen molar-refractivity contribution in [3.63, 3.8) is 0 Å². The Kier molecular flexibility index (Phi) is 4.65. The van der Waals surface area contributed by atoms with E-state index in [1.54, 1.807) is 37.3 Å². The van der Waals surface area contributed by atoms with Crippen LogP contribution in [0, 0.1) is 0 Å². The van der Waals surface area contributed by atoms with Gasteiger partial charge < -0.3 is 10.4 Å². The summed E-state index contributed by atoms with van der Waals surface area (Å²) in [7, 11) is 0. The van der Waals surface area contributed by atoms with Crippen LogP contribution in [-0.4, -0.2) is 20.6 Å². The SMILES string of the molecule is CCC(=O)n1c(Nc2cc(Cl)cc(Cl)c2)nc2cccc(O)c2c1=O. The van der Waals surface area contributed by atoms with Gasteiger partial charge in [0.2, 0.25) is 11.9 Å². The fraction of sp³-hybridized carbons (Fsp3) is 0.118. The van der Waals surface area contributed by atoms with Crippen LogP contribution in [0.4, 0.5) is 11.6 Å². The molecule has 0 atom stereocenters. The van der Waals surface area contributed by atoms with Crippen molar-refractivity contribution < 1.29 is 9.90 Å². The third-order valence-electron chi connectivity index (χ3n) is 3.55. The number of rotatable bonds is 3. The van der Waals surface area contributed by atoms with Gasteiger partial charge in [0.25, 0.3) is 5.56 Å². The number of phenolic OH excluding ortho intramolecular Hbond substituents is 1. The number of anilines is 2. The molecule has 0 bridgehead atoms. The number of nitrogens with one attached hydrogen (secondary N) is 1. The van der Waals surface area contributed by atoms with E-state index < -0.39 is 11.5 Å². The predicted octanol–water partition coefficient (Wildman–Crippen LogP) is 4.20. The van der Waals surface area contributed by atoms with Crippen LogP contribution in [0.15, 0.2) is 41.2 Å². The van der Waals surface area contributed by atoms with Gasteiger partial charge in [-0.2, -0.15) is 0 Å². The van der Waals surface area contributed by atoms with Gasteiger partial charge in [-0.1, -0.05) is 36.2 Å². The van der Waals surface area contributed by atoms with E-state index in [-0.39, 0.29) is 29.0 Å². The summed E-state index contributed by atoms with van der Waals surface area (Å²) in [5.74, 6) is -0.670. The lowest BCUT2D eigenvalue weighted by Crippen LogP contribution is -2.29. The highest BCUT2D eigenvalue weighted by molar-refractivity contribution is 6.35. The molecule has 0 unspecified atom stereocenters. The highest BCUT2D eigenvalue weighted by Crippen LogP contribution is 2.26. The lowest BCUT2D eigenvalue weighted by Gasteiger charge is -2.14. The molecule has 8 heteroatoms. The number of hydrogen-bond acceptors (Lipinski definition) is 5. The number of carbonyl (C=O) groups excluding carboxylic acids is 1. The zero-order valence-corrected chi connectivity index (χ0v) is 14.6. The molecule has 1 heterocycles. The molecule has 0 saturated carbocycles. The molecule has 1 aromatic heterocycles.